The van der Waals surface area contributed by atoms with Crippen molar-refractivity contribution in [2.24, 2.45) is 11.7 Å². The van der Waals surface area contributed by atoms with Crippen LogP contribution in [0.3, 0.4) is 0 Å². The normalized spacial score (nSPS) is 27.6. The molecule has 1 aromatic rings. The van der Waals surface area contributed by atoms with Crippen LogP contribution in [0.2, 0.25) is 0 Å². The van der Waals surface area contributed by atoms with Gasteiger partial charge in [0.2, 0.25) is 0 Å². The van der Waals surface area contributed by atoms with Crippen molar-refractivity contribution in [2.75, 3.05) is 0 Å². The molecule has 2 atom stereocenters. The molecule has 0 bridgehead atoms. The van der Waals surface area contributed by atoms with E-state index in [1.807, 2.05) is 4.68 Å². The summed E-state index contributed by atoms with van der Waals surface area (Å²) >= 11 is 0. The smallest absolute Gasteiger partial charge is 0.165 e. The van der Waals surface area contributed by atoms with Crippen molar-refractivity contribution in [1.82, 2.24) is 20.2 Å². The van der Waals surface area contributed by atoms with E-state index in [9.17, 15) is 0 Å². The van der Waals surface area contributed by atoms with Gasteiger partial charge in [-0.3, -0.25) is 0 Å². The second-order valence-electron chi connectivity index (χ2n) is 4.51. The predicted octanol–water partition coefficient (Wildman–Crippen LogP) is 1.27. The molecule has 0 saturated heterocycles. The van der Waals surface area contributed by atoms with Gasteiger partial charge in [-0.1, -0.05) is 19.8 Å². The zero-order chi connectivity index (χ0) is 10.7. The van der Waals surface area contributed by atoms with E-state index in [1.165, 1.54) is 32.1 Å². The Kier molecular flexibility index (Phi) is 3.30. The zero-order valence-electron chi connectivity index (χ0n) is 9.26. The van der Waals surface area contributed by atoms with Crippen molar-refractivity contribution in [1.29, 1.82) is 0 Å². The third kappa shape index (κ3) is 2.34. The number of nitrogens with two attached hydrogens (primary N) is 1. The van der Waals surface area contributed by atoms with Crippen molar-refractivity contribution in [3.8, 4) is 0 Å². The van der Waals surface area contributed by atoms with Crippen LogP contribution in [0.4, 0.5) is 0 Å². The second kappa shape index (κ2) is 4.70. The van der Waals surface area contributed by atoms with E-state index in [4.69, 9.17) is 5.73 Å². The van der Waals surface area contributed by atoms with Gasteiger partial charge in [0, 0.05) is 0 Å². The van der Waals surface area contributed by atoms with E-state index in [-0.39, 0.29) is 0 Å². The van der Waals surface area contributed by atoms with Crippen LogP contribution < -0.4 is 5.73 Å². The van der Waals surface area contributed by atoms with Crippen LogP contribution in [-0.2, 0) is 6.54 Å². The van der Waals surface area contributed by atoms with Crippen molar-refractivity contribution >= 4 is 0 Å². The fourth-order valence-corrected chi connectivity index (χ4v) is 2.34. The van der Waals surface area contributed by atoms with Crippen LogP contribution in [0.5, 0.6) is 0 Å². The molecule has 5 nitrogen and oxygen atoms in total. The van der Waals surface area contributed by atoms with Crippen molar-refractivity contribution < 1.29 is 0 Å². The highest BCUT2D eigenvalue weighted by atomic mass is 15.5. The maximum absolute atomic E-state index is 5.60. The number of hydrogen-bond acceptors (Lipinski definition) is 4. The molecule has 84 valence electrons. The fourth-order valence-electron chi connectivity index (χ4n) is 2.34. The summed E-state index contributed by atoms with van der Waals surface area (Å²) in [4.78, 5) is 0. The van der Waals surface area contributed by atoms with Gasteiger partial charge in [-0.25, -0.2) is 4.68 Å². The van der Waals surface area contributed by atoms with Crippen molar-refractivity contribution in [2.45, 2.75) is 51.6 Å². The summed E-state index contributed by atoms with van der Waals surface area (Å²) in [5, 5.41) is 11.7. The first-order valence-corrected chi connectivity index (χ1v) is 5.78. The minimum atomic E-state index is 0.430. The maximum Gasteiger partial charge on any atom is 0.165 e. The van der Waals surface area contributed by atoms with Crippen molar-refractivity contribution in [3.05, 3.63) is 5.82 Å². The van der Waals surface area contributed by atoms with Crippen LogP contribution in [0.25, 0.3) is 0 Å². The fraction of sp³-hybridized carbons (Fsp3) is 0.900. The molecule has 1 aliphatic carbocycles. The monoisotopic (exact) mass is 209 g/mol. The van der Waals surface area contributed by atoms with Gasteiger partial charge in [-0.05, 0) is 35.6 Å². The summed E-state index contributed by atoms with van der Waals surface area (Å²) < 4.78 is 1.93. The van der Waals surface area contributed by atoms with E-state index in [2.05, 4.69) is 22.4 Å². The Bertz CT molecular complexity index is 309. The van der Waals surface area contributed by atoms with Gasteiger partial charge < -0.3 is 5.73 Å². The largest absolute Gasteiger partial charge is 0.324 e. The third-order valence-electron chi connectivity index (χ3n) is 3.32. The number of tetrazole rings is 1. The maximum atomic E-state index is 5.60. The molecule has 1 fully saturated rings. The Morgan fingerprint density at radius 1 is 1.33 bits per heavy atom. The van der Waals surface area contributed by atoms with E-state index in [0.717, 1.165) is 11.7 Å². The molecule has 1 heterocycles. The van der Waals surface area contributed by atoms with E-state index < -0.39 is 0 Å². The molecule has 1 saturated carbocycles. The summed E-state index contributed by atoms with van der Waals surface area (Å²) in [7, 11) is 0. The second-order valence-corrected chi connectivity index (χ2v) is 4.51. The van der Waals surface area contributed by atoms with Crippen LogP contribution >= 0.6 is 0 Å². The molecule has 2 rings (SSSR count). The lowest BCUT2D eigenvalue weighted by Gasteiger charge is -2.15. The highest BCUT2D eigenvalue weighted by molar-refractivity contribution is 4.84. The van der Waals surface area contributed by atoms with E-state index in [1.54, 1.807) is 0 Å². The number of aromatic nitrogens is 4. The molecule has 0 spiro atoms. The molecule has 0 aliphatic heterocycles. The Labute approximate surface area is 90.0 Å². The molecule has 0 radical (unpaired) electrons. The molecule has 0 aromatic carbocycles. The minimum absolute atomic E-state index is 0.430. The lowest BCUT2D eigenvalue weighted by Crippen LogP contribution is -2.16. The van der Waals surface area contributed by atoms with E-state index in [0.29, 0.717) is 12.6 Å². The van der Waals surface area contributed by atoms with Crippen LogP contribution in [0.15, 0.2) is 0 Å². The standard InChI is InChI=1S/C10H19N5/c1-8-3-2-4-9(6-5-8)15-10(7-11)12-13-14-15/h8-9H,2-7,11H2,1H3. The van der Waals surface area contributed by atoms with Gasteiger partial charge >= 0.3 is 0 Å². The Hall–Kier alpha value is -0.970. The number of rotatable bonds is 2. The number of nitrogens with zero attached hydrogens (tertiary/aromatic N) is 4. The molecule has 5 heteroatoms. The Morgan fingerprint density at radius 2 is 2.20 bits per heavy atom. The minimum Gasteiger partial charge on any atom is -0.324 e. The lowest BCUT2D eigenvalue weighted by atomic mass is 10.0. The Morgan fingerprint density at radius 3 is 3.00 bits per heavy atom. The van der Waals surface area contributed by atoms with E-state index >= 15 is 0 Å². The van der Waals surface area contributed by atoms with Crippen molar-refractivity contribution in [3.63, 3.8) is 0 Å². The molecule has 0 amide bonds. The molecule has 15 heavy (non-hydrogen) atoms. The summed E-state index contributed by atoms with van der Waals surface area (Å²) in [6, 6.07) is 0.462. The average Bonchev–Trinajstić information content (AvgIpc) is 2.61. The molecule has 1 aliphatic rings. The van der Waals surface area contributed by atoms with Gasteiger partial charge in [0.05, 0.1) is 12.6 Å². The van der Waals surface area contributed by atoms with Gasteiger partial charge in [0.25, 0.3) is 0 Å². The summed E-state index contributed by atoms with van der Waals surface area (Å²) in [5.74, 6) is 1.65. The van der Waals surface area contributed by atoms with Crippen LogP contribution in [-0.4, -0.2) is 20.2 Å². The molecule has 2 N–H and O–H groups in total. The van der Waals surface area contributed by atoms with Gasteiger partial charge in [-0.15, -0.1) is 5.10 Å². The first kappa shape index (κ1) is 10.5. The topological polar surface area (TPSA) is 69.6 Å². The quantitative estimate of drug-likeness (QED) is 0.745. The summed E-state index contributed by atoms with van der Waals surface area (Å²) in [6.45, 7) is 2.75. The summed E-state index contributed by atoms with van der Waals surface area (Å²) in [5.41, 5.74) is 5.60. The average molecular weight is 209 g/mol. The molecular weight excluding hydrogens is 190 g/mol. The van der Waals surface area contributed by atoms with Gasteiger partial charge in [-0.2, -0.15) is 0 Å². The zero-order valence-corrected chi connectivity index (χ0v) is 9.26. The van der Waals surface area contributed by atoms with Gasteiger partial charge in [0.15, 0.2) is 5.82 Å². The predicted molar refractivity (Wildman–Crippen MR) is 57.0 cm³/mol. The lowest BCUT2D eigenvalue weighted by molar-refractivity contribution is 0.379. The SMILES string of the molecule is CC1CCCC(n2nnnc2CN)CC1. The van der Waals surface area contributed by atoms with Gasteiger partial charge in [0.1, 0.15) is 0 Å². The molecular formula is C10H19N5. The first-order chi connectivity index (χ1) is 7.31. The first-order valence-electron chi connectivity index (χ1n) is 5.78. The third-order valence-corrected chi connectivity index (χ3v) is 3.32. The molecule has 1 aromatic heterocycles. The van der Waals surface area contributed by atoms with Crippen LogP contribution in [0.1, 0.15) is 50.9 Å². The van der Waals surface area contributed by atoms with Crippen LogP contribution in [0, 0.1) is 5.92 Å². The molecule has 2 unspecified atom stereocenters. The Balaban J connectivity index is 2.09. The number of hydrogen-bond donors (Lipinski definition) is 1. The summed E-state index contributed by atoms with van der Waals surface area (Å²) in [6.07, 6.45) is 6.24. The highest BCUT2D eigenvalue weighted by Gasteiger charge is 2.20. The highest BCUT2D eigenvalue weighted by Crippen LogP contribution is 2.29.